The molecule has 0 aliphatic carbocycles. The van der Waals surface area contributed by atoms with E-state index in [1.54, 1.807) is 4.90 Å². The normalized spacial score (nSPS) is 18.7. The van der Waals surface area contributed by atoms with Gasteiger partial charge in [0.15, 0.2) is 0 Å². The Morgan fingerprint density at radius 2 is 2.21 bits per heavy atom. The largest absolute Gasteiger partial charge is 0.550 e. The van der Waals surface area contributed by atoms with Crippen LogP contribution in [0.1, 0.15) is 18.9 Å². The maximum absolute atomic E-state index is 11.8. The summed E-state index contributed by atoms with van der Waals surface area (Å²) in [5.74, 6) is -1.28. The van der Waals surface area contributed by atoms with Crippen LogP contribution in [0.2, 0.25) is 0 Å². The standard InChI is InChI=1S/C14H17NO4/c1-2-19-12-6-4-3-5-10(12)8-15-9-11(14(17)18)7-13(15)16/h3-6,11H,2,7-9H2,1H3,(H,17,18)/p-1/t11-/m1/s1. The lowest BCUT2D eigenvalue weighted by Crippen LogP contribution is -2.33. The zero-order valence-corrected chi connectivity index (χ0v) is 10.8. The van der Waals surface area contributed by atoms with Crippen molar-refractivity contribution in [2.75, 3.05) is 13.2 Å². The smallest absolute Gasteiger partial charge is 0.223 e. The van der Waals surface area contributed by atoms with Crippen molar-refractivity contribution >= 4 is 11.9 Å². The molecule has 0 bridgehead atoms. The highest BCUT2D eigenvalue weighted by molar-refractivity contribution is 5.85. The number of nitrogens with zero attached hydrogens (tertiary/aromatic N) is 1. The number of carboxylic acids is 1. The van der Waals surface area contributed by atoms with Gasteiger partial charge in [-0.05, 0) is 13.0 Å². The molecule has 0 radical (unpaired) electrons. The molecule has 1 aliphatic rings. The first-order chi connectivity index (χ1) is 9.11. The van der Waals surface area contributed by atoms with Crippen LogP contribution in [0, 0.1) is 5.92 Å². The van der Waals surface area contributed by atoms with Gasteiger partial charge in [0.25, 0.3) is 0 Å². The molecule has 5 heteroatoms. The molecule has 1 heterocycles. The Hall–Kier alpha value is -2.04. The maximum atomic E-state index is 11.8. The van der Waals surface area contributed by atoms with Crippen LogP contribution in [0.4, 0.5) is 0 Å². The predicted molar refractivity (Wildman–Crippen MR) is 66.1 cm³/mol. The molecule has 1 saturated heterocycles. The van der Waals surface area contributed by atoms with Crippen LogP contribution >= 0.6 is 0 Å². The first-order valence-corrected chi connectivity index (χ1v) is 6.31. The van der Waals surface area contributed by atoms with Crippen LogP contribution in [-0.4, -0.2) is 29.9 Å². The summed E-state index contributed by atoms with van der Waals surface area (Å²) in [6.45, 7) is 3.02. The summed E-state index contributed by atoms with van der Waals surface area (Å²) in [6, 6.07) is 7.46. The SMILES string of the molecule is CCOc1ccccc1CN1C[C@H](C(=O)[O-])CC1=O. The molecule has 1 amide bonds. The van der Waals surface area contributed by atoms with Gasteiger partial charge < -0.3 is 19.5 Å². The molecule has 1 fully saturated rings. The molecule has 0 unspecified atom stereocenters. The molecule has 0 spiro atoms. The van der Waals surface area contributed by atoms with E-state index in [9.17, 15) is 14.7 Å². The van der Waals surface area contributed by atoms with E-state index < -0.39 is 11.9 Å². The van der Waals surface area contributed by atoms with Crippen LogP contribution in [0.15, 0.2) is 24.3 Å². The van der Waals surface area contributed by atoms with E-state index in [2.05, 4.69) is 0 Å². The van der Waals surface area contributed by atoms with Gasteiger partial charge in [-0.2, -0.15) is 0 Å². The Morgan fingerprint density at radius 1 is 1.47 bits per heavy atom. The van der Waals surface area contributed by atoms with Crippen molar-refractivity contribution in [3.8, 4) is 5.75 Å². The van der Waals surface area contributed by atoms with Gasteiger partial charge in [-0.15, -0.1) is 0 Å². The second-order valence-corrected chi connectivity index (χ2v) is 4.54. The van der Waals surface area contributed by atoms with Gasteiger partial charge in [-0.1, -0.05) is 18.2 Å². The minimum Gasteiger partial charge on any atom is -0.550 e. The van der Waals surface area contributed by atoms with Crippen LogP contribution in [0.5, 0.6) is 5.75 Å². The van der Waals surface area contributed by atoms with Crippen molar-refractivity contribution < 1.29 is 19.4 Å². The minimum absolute atomic E-state index is 0.0269. The zero-order chi connectivity index (χ0) is 13.8. The summed E-state index contributed by atoms with van der Waals surface area (Å²) >= 11 is 0. The number of hydrogen-bond donors (Lipinski definition) is 0. The summed E-state index contributed by atoms with van der Waals surface area (Å²) in [5.41, 5.74) is 0.886. The molecular weight excluding hydrogens is 246 g/mol. The summed E-state index contributed by atoms with van der Waals surface area (Å²) in [4.78, 5) is 24.1. The molecular formula is C14H16NO4-. The van der Waals surface area contributed by atoms with Gasteiger partial charge in [0, 0.05) is 37.0 Å². The Balaban J connectivity index is 2.09. The summed E-state index contributed by atoms with van der Waals surface area (Å²) in [6.07, 6.45) is 0.0269. The van der Waals surface area contributed by atoms with E-state index in [0.717, 1.165) is 11.3 Å². The van der Waals surface area contributed by atoms with Gasteiger partial charge in [-0.3, -0.25) is 4.79 Å². The van der Waals surface area contributed by atoms with Crippen molar-refractivity contribution in [3.05, 3.63) is 29.8 Å². The average molecular weight is 262 g/mol. The Labute approximate surface area is 111 Å². The van der Waals surface area contributed by atoms with Crippen LogP contribution in [0.25, 0.3) is 0 Å². The molecule has 1 atom stereocenters. The van der Waals surface area contributed by atoms with Gasteiger partial charge >= 0.3 is 0 Å². The number of carboxylic acid groups (broad SMARTS) is 1. The fraction of sp³-hybridized carbons (Fsp3) is 0.429. The lowest BCUT2D eigenvalue weighted by Gasteiger charge is -2.19. The Bertz CT molecular complexity index is 486. The van der Waals surface area contributed by atoms with Crippen molar-refractivity contribution in [2.45, 2.75) is 19.9 Å². The molecule has 1 aromatic rings. The first-order valence-electron chi connectivity index (χ1n) is 6.31. The summed E-state index contributed by atoms with van der Waals surface area (Å²) in [7, 11) is 0. The predicted octanol–water partition coefficient (Wildman–Crippen LogP) is 0.184. The molecule has 0 N–H and O–H groups in total. The van der Waals surface area contributed by atoms with E-state index in [0.29, 0.717) is 13.2 Å². The monoisotopic (exact) mass is 262 g/mol. The van der Waals surface area contributed by atoms with E-state index in [-0.39, 0.29) is 18.9 Å². The first kappa shape index (κ1) is 13.4. The highest BCUT2D eigenvalue weighted by Crippen LogP contribution is 2.24. The number of amides is 1. The number of benzene rings is 1. The van der Waals surface area contributed by atoms with E-state index >= 15 is 0 Å². The maximum Gasteiger partial charge on any atom is 0.223 e. The molecule has 0 saturated carbocycles. The lowest BCUT2D eigenvalue weighted by atomic mass is 10.1. The lowest BCUT2D eigenvalue weighted by molar-refractivity contribution is -0.311. The van der Waals surface area contributed by atoms with Crippen molar-refractivity contribution in [1.29, 1.82) is 0 Å². The average Bonchev–Trinajstić information content (AvgIpc) is 2.74. The third kappa shape index (κ3) is 3.05. The number of rotatable bonds is 5. The quantitative estimate of drug-likeness (QED) is 0.759. The molecule has 102 valence electrons. The molecule has 2 rings (SSSR count). The molecule has 0 aromatic heterocycles. The Kier molecular flexibility index (Phi) is 4.04. The Morgan fingerprint density at radius 3 is 2.84 bits per heavy atom. The van der Waals surface area contributed by atoms with Crippen LogP contribution < -0.4 is 9.84 Å². The van der Waals surface area contributed by atoms with Crippen molar-refractivity contribution in [2.24, 2.45) is 5.92 Å². The number of likely N-dealkylation sites (tertiary alicyclic amines) is 1. The summed E-state index contributed by atoms with van der Waals surface area (Å²) in [5, 5.41) is 10.8. The second kappa shape index (κ2) is 5.73. The van der Waals surface area contributed by atoms with Crippen molar-refractivity contribution in [1.82, 2.24) is 4.90 Å². The number of ether oxygens (including phenoxy) is 1. The molecule has 5 nitrogen and oxygen atoms in total. The van der Waals surface area contributed by atoms with Crippen LogP contribution in [0.3, 0.4) is 0 Å². The summed E-state index contributed by atoms with van der Waals surface area (Å²) < 4.78 is 5.49. The third-order valence-corrected chi connectivity index (χ3v) is 3.18. The molecule has 19 heavy (non-hydrogen) atoms. The van der Waals surface area contributed by atoms with Gasteiger partial charge in [-0.25, -0.2) is 0 Å². The minimum atomic E-state index is -1.16. The van der Waals surface area contributed by atoms with Gasteiger partial charge in [0.05, 0.1) is 6.61 Å². The second-order valence-electron chi connectivity index (χ2n) is 4.54. The number of carbonyl (C=O) groups excluding carboxylic acids is 2. The van der Waals surface area contributed by atoms with E-state index in [4.69, 9.17) is 4.74 Å². The van der Waals surface area contributed by atoms with E-state index in [1.807, 2.05) is 31.2 Å². The van der Waals surface area contributed by atoms with E-state index in [1.165, 1.54) is 0 Å². The fourth-order valence-corrected chi connectivity index (χ4v) is 2.22. The zero-order valence-electron chi connectivity index (χ0n) is 10.8. The number of para-hydroxylation sites is 1. The third-order valence-electron chi connectivity index (χ3n) is 3.18. The number of aliphatic carboxylic acids is 1. The van der Waals surface area contributed by atoms with Gasteiger partial charge in [0.1, 0.15) is 5.75 Å². The highest BCUT2D eigenvalue weighted by atomic mass is 16.5. The van der Waals surface area contributed by atoms with Crippen molar-refractivity contribution in [3.63, 3.8) is 0 Å². The van der Waals surface area contributed by atoms with Crippen LogP contribution in [-0.2, 0) is 16.1 Å². The highest BCUT2D eigenvalue weighted by Gasteiger charge is 2.30. The number of carbonyl (C=O) groups is 2. The molecule has 1 aliphatic heterocycles. The van der Waals surface area contributed by atoms with Gasteiger partial charge in [0.2, 0.25) is 5.91 Å². The number of hydrogen-bond acceptors (Lipinski definition) is 4. The molecule has 1 aromatic carbocycles. The topological polar surface area (TPSA) is 69.7 Å². The fourth-order valence-electron chi connectivity index (χ4n) is 2.22.